The molecule has 5 nitrogen and oxygen atoms in total. The van der Waals surface area contributed by atoms with E-state index in [0.29, 0.717) is 22.7 Å². The molecule has 0 unspecified atom stereocenters. The minimum Gasteiger partial charge on any atom is -0.396 e. The summed E-state index contributed by atoms with van der Waals surface area (Å²) in [6.07, 6.45) is 1.08. The Balaban J connectivity index is 2.37. The maximum atomic E-state index is 12.0. The summed E-state index contributed by atoms with van der Waals surface area (Å²) >= 11 is 1.32. The molecule has 1 amide bonds. The number of hydrogen-bond acceptors (Lipinski definition) is 5. The standard InChI is InChI=1S/C14H20N4OS/c1-4-17-12(19)11-10(16)9(7-15)13(20-11)18-6-5-14(2,3)8-18/h4-6,8,16H2,1-3H3,(H,17,19). The summed E-state index contributed by atoms with van der Waals surface area (Å²) in [4.78, 5) is 14.6. The number of anilines is 2. The molecule has 2 rings (SSSR count). The van der Waals surface area contributed by atoms with E-state index in [1.165, 1.54) is 11.3 Å². The minimum absolute atomic E-state index is 0.198. The van der Waals surface area contributed by atoms with Crippen molar-refractivity contribution < 1.29 is 4.79 Å². The molecule has 20 heavy (non-hydrogen) atoms. The van der Waals surface area contributed by atoms with Gasteiger partial charge in [-0.1, -0.05) is 13.8 Å². The summed E-state index contributed by atoms with van der Waals surface area (Å²) in [5.74, 6) is -0.198. The van der Waals surface area contributed by atoms with Gasteiger partial charge in [-0.3, -0.25) is 4.79 Å². The predicted molar refractivity (Wildman–Crippen MR) is 82.1 cm³/mol. The van der Waals surface area contributed by atoms with Gasteiger partial charge in [0.05, 0.1) is 5.69 Å². The van der Waals surface area contributed by atoms with Gasteiger partial charge in [0.25, 0.3) is 5.91 Å². The lowest BCUT2D eigenvalue weighted by Crippen LogP contribution is -2.22. The highest BCUT2D eigenvalue weighted by molar-refractivity contribution is 7.19. The Hall–Kier alpha value is -1.74. The molecule has 0 saturated carbocycles. The molecule has 6 heteroatoms. The van der Waals surface area contributed by atoms with E-state index in [4.69, 9.17) is 5.73 Å². The molecule has 1 aliphatic heterocycles. The number of nitrogens with one attached hydrogen (secondary N) is 1. The Morgan fingerprint density at radius 2 is 2.30 bits per heavy atom. The van der Waals surface area contributed by atoms with Crippen LogP contribution in [0.5, 0.6) is 0 Å². The number of nitrogens with two attached hydrogens (primary N) is 1. The average Bonchev–Trinajstić information content (AvgIpc) is 2.89. The molecule has 1 aromatic heterocycles. The fourth-order valence-electron chi connectivity index (χ4n) is 2.46. The van der Waals surface area contributed by atoms with Crippen molar-refractivity contribution in [2.45, 2.75) is 27.2 Å². The monoisotopic (exact) mass is 292 g/mol. The summed E-state index contributed by atoms with van der Waals surface area (Å²) in [5, 5.41) is 12.9. The van der Waals surface area contributed by atoms with Crippen LogP contribution >= 0.6 is 11.3 Å². The van der Waals surface area contributed by atoms with Crippen molar-refractivity contribution in [2.75, 3.05) is 30.3 Å². The summed E-state index contributed by atoms with van der Waals surface area (Å²) < 4.78 is 0. The van der Waals surface area contributed by atoms with Crippen LogP contribution < -0.4 is 16.0 Å². The van der Waals surface area contributed by atoms with Crippen LogP contribution in [0.25, 0.3) is 0 Å². The van der Waals surface area contributed by atoms with Crippen molar-refractivity contribution in [3.05, 3.63) is 10.4 Å². The average molecular weight is 292 g/mol. The second-order valence-electron chi connectivity index (χ2n) is 5.83. The van der Waals surface area contributed by atoms with Crippen molar-refractivity contribution in [3.8, 4) is 6.07 Å². The number of rotatable bonds is 3. The fourth-order valence-corrected chi connectivity index (χ4v) is 3.57. The number of nitriles is 1. The molecule has 0 aromatic carbocycles. The molecule has 0 atom stereocenters. The van der Waals surface area contributed by atoms with Gasteiger partial charge in [0.15, 0.2) is 0 Å². The summed E-state index contributed by atoms with van der Waals surface area (Å²) in [5.41, 5.74) is 6.96. The van der Waals surface area contributed by atoms with E-state index in [0.717, 1.165) is 24.5 Å². The number of nitrogens with zero attached hydrogens (tertiary/aromatic N) is 2. The second kappa shape index (κ2) is 5.33. The van der Waals surface area contributed by atoms with Crippen LogP contribution in [-0.2, 0) is 0 Å². The highest BCUT2D eigenvalue weighted by Gasteiger charge is 2.33. The maximum absolute atomic E-state index is 12.0. The van der Waals surface area contributed by atoms with Crippen LogP contribution in [0.1, 0.15) is 42.4 Å². The zero-order valence-electron chi connectivity index (χ0n) is 12.1. The van der Waals surface area contributed by atoms with E-state index in [-0.39, 0.29) is 11.3 Å². The van der Waals surface area contributed by atoms with Crippen molar-refractivity contribution >= 4 is 27.9 Å². The number of carbonyl (C=O) groups excluding carboxylic acids is 1. The van der Waals surface area contributed by atoms with E-state index >= 15 is 0 Å². The maximum Gasteiger partial charge on any atom is 0.263 e. The Bertz CT molecular complexity index is 570. The quantitative estimate of drug-likeness (QED) is 0.894. The number of carbonyl (C=O) groups is 1. The van der Waals surface area contributed by atoms with E-state index in [9.17, 15) is 10.1 Å². The van der Waals surface area contributed by atoms with Crippen LogP contribution in [0, 0.1) is 16.7 Å². The molecule has 3 N–H and O–H groups in total. The molecule has 1 aliphatic rings. The van der Waals surface area contributed by atoms with Crippen LogP contribution in [0.2, 0.25) is 0 Å². The van der Waals surface area contributed by atoms with Crippen LogP contribution in [0.4, 0.5) is 10.7 Å². The topological polar surface area (TPSA) is 82.2 Å². The number of hydrogen-bond donors (Lipinski definition) is 2. The Morgan fingerprint density at radius 1 is 1.60 bits per heavy atom. The van der Waals surface area contributed by atoms with Gasteiger partial charge in [-0.15, -0.1) is 11.3 Å². The molecule has 0 radical (unpaired) electrons. The van der Waals surface area contributed by atoms with Crippen LogP contribution in [0.15, 0.2) is 0 Å². The Kier molecular flexibility index (Phi) is 3.91. The number of nitrogen functional groups attached to an aromatic ring is 1. The SMILES string of the molecule is CCNC(=O)c1sc(N2CCC(C)(C)C2)c(C#N)c1N. The summed E-state index contributed by atoms with van der Waals surface area (Å²) in [6, 6.07) is 2.15. The van der Waals surface area contributed by atoms with E-state index in [1.807, 2.05) is 6.92 Å². The van der Waals surface area contributed by atoms with Gasteiger partial charge in [-0.05, 0) is 18.8 Å². The van der Waals surface area contributed by atoms with E-state index in [2.05, 4.69) is 30.1 Å². The third kappa shape index (κ3) is 2.59. The normalized spacial score (nSPS) is 17.0. The van der Waals surface area contributed by atoms with Gasteiger partial charge < -0.3 is 16.0 Å². The van der Waals surface area contributed by atoms with Crippen molar-refractivity contribution in [1.82, 2.24) is 5.32 Å². The minimum atomic E-state index is -0.198. The Morgan fingerprint density at radius 3 is 2.80 bits per heavy atom. The number of thiophene rings is 1. The van der Waals surface area contributed by atoms with Gasteiger partial charge in [0.1, 0.15) is 21.5 Å². The fraction of sp³-hybridized carbons (Fsp3) is 0.571. The molecule has 1 fully saturated rings. The first kappa shape index (κ1) is 14.7. The molecule has 0 spiro atoms. The Labute approximate surface area is 123 Å². The largest absolute Gasteiger partial charge is 0.396 e. The number of amides is 1. The predicted octanol–water partition coefficient (Wildman–Crippen LogP) is 2.19. The van der Waals surface area contributed by atoms with Crippen molar-refractivity contribution in [2.24, 2.45) is 5.41 Å². The first-order valence-electron chi connectivity index (χ1n) is 6.75. The van der Waals surface area contributed by atoms with Gasteiger partial charge in [-0.25, -0.2) is 0 Å². The van der Waals surface area contributed by atoms with Gasteiger partial charge >= 0.3 is 0 Å². The highest BCUT2D eigenvalue weighted by atomic mass is 32.1. The van der Waals surface area contributed by atoms with Gasteiger partial charge in [0.2, 0.25) is 0 Å². The molecule has 108 valence electrons. The first-order valence-corrected chi connectivity index (χ1v) is 7.56. The lowest BCUT2D eigenvalue weighted by atomic mass is 9.93. The van der Waals surface area contributed by atoms with Crippen molar-refractivity contribution in [1.29, 1.82) is 5.26 Å². The summed E-state index contributed by atoms with van der Waals surface area (Å²) in [6.45, 7) is 8.61. The molecular weight excluding hydrogens is 272 g/mol. The zero-order chi connectivity index (χ0) is 14.9. The zero-order valence-corrected chi connectivity index (χ0v) is 12.9. The molecule has 0 aliphatic carbocycles. The van der Waals surface area contributed by atoms with Gasteiger partial charge in [-0.2, -0.15) is 5.26 Å². The summed E-state index contributed by atoms with van der Waals surface area (Å²) in [7, 11) is 0. The highest BCUT2D eigenvalue weighted by Crippen LogP contribution is 2.42. The molecule has 1 aromatic rings. The lowest BCUT2D eigenvalue weighted by molar-refractivity contribution is 0.0960. The van der Waals surface area contributed by atoms with Crippen molar-refractivity contribution in [3.63, 3.8) is 0 Å². The van der Waals surface area contributed by atoms with Crippen LogP contribution in [-0.4, -0.2) is 25.5 Å². The van der Waals surface area contributed by atoms with E-state index in [1.54, 1.807) is 0 Å². The lowest BCUT2D eigenvalue weighted by Gasteiger charge is -2.20. The van der Waals surface area contributed by atoms with Crippen LogP contribution in [0.3, 0.4) is 0 Å². The first-order chi connectivity index (χ1) is 9.39. The molecule has 1 saturated heterocycles. The third-order valence-corrected chi connectivity index (χ3v) is 4.81. The molecule has 2 heterocycles. The molecule has 0 bridgehead atoms. The molecular formula is C14H20N4OS. The third-order valence-electron chi connectivity index (χ3n) is 3.55. The second-order valence-corrected chi connectivity index (χ2v) is 6.83. The smallest absolute Gasteiger partial charge is 0.263 e. The van der Waals surface area contributed by atoms with E-state index < -0.39 is 0 Å². The van der Waals surface area contributed by atoms with Gasteiger partial charge in [0, 0.05) is 19.6 Å².